The van der Waals surface area contributed by atoms with Crippen LogP contribution in [-0.4, -0.2) is 106 Å². The standard InChI is InChI=1S/C35H50N4O4/c1-26-24-39(27(2)23-38(26)25-28-14-15-28)34(30-10-7-12-32(40)22-30)29-9-6-11-31(21-29)35(43)37-18-8-17-36(19-20-37)16-5-3-4-13-33(41)42/h6-7,9-12,21-22,26-28,34,40H,3-5,8,13-20,23-25H2,1-2H3,(H,41,42)/t26-,27+,34-/m1/s1. The first-order valence-corrected chi connectivity index (χ1v) is 16.4. The minimum Gasteiger partial charge on any atom is -0.508 e. The molecule has 8 nitrogen and oxygen atoms in total. The lowest BCUT2D eigenvalue weighted by molar-refractivity contribution is -0.137. The number of hydrogen-bond acceptors (Lipinski definition) is 6. The molecule has 2 aliphatic heterocycles. The number of hydrogen-bond donors (Lipinski definition) is 2. The minimum atomic E-state index is -0.725. The number of rotatable bonds is 12. The second-order valence-electron chi connectivity index (χ2n) is 13.1. The highest BCUT2D eigenvalue weighted by Crippen LogP contribution is 2.37. The number of phenolic OH excluding ortho intramolecular Hbond substituents is 1. The van der Waals surface area contributed by atoms with E-state index in [1.54, 1.807) is 6.07 Å². The number of carbonyl (C=O) groups excluding carboxylic acids is 1. The van der Waals surface area contributed by atoms with Gasteiger partial charge in [-0.1, -0.05) is 30.7 Å². The second-order valence-corrected chi connectivity index (χ2v) is 13.1. The molecule has 1 aliphatic carbocycles. The number of aliphatic carboxylic acids is 1. The monoisotopic (exact) mass is 590 g/mol. The molecule has 2 heterocycles. The molecule has 0 aromatic heterocycles. The van der Waals surface area contributed by atoms with Crippen LogP contribution in [0.3, 0.4) is 0 Å². The summed E-state index contributed by atoms with van der Waals surface area (Å²) in [5.74, 6) is 0.478. The molecular formula is C35H50N4O4. The molecule has 2 N–H and O–H groups in total. The van der Waals surface area contributed by atoms with Gasteiger partial charge >= 0.3 is 5.97 Å². The van der Waals surface area contributed by atoms with Gasteiger partial charge in [0.1, 0.15) is 5.75 Å². The summed E-state index contributed by atoms with van der Waals surface area (Å²) in [5, 5.41) is 19.3. The Bertz CT molecular complexity index is 1230. The number of carboxylic acids is 1. The van der Waals surface area contributed by atoms with Gasteiger partial charge in [0.15, 0.2) is 0 Å². The summed E-state index contributed by atoms with van der Waals surface area (Å²) in [6.07, 6.45) is 6.53. The van der Waals surface area contributed by atoms with Crippen molar-refractivity contribution in [1.29, 1.82) is 0 Å². The maximum absolute atomic E-state index is 13.8. The molecule has 1 saturated carbocycles. The van der Waals surface area contributed by atoms with Crippen molar-refractivity contribution in [1.82, 2.24) is 19.6 Å². The Hall–Kier alpha value is -2.94. The normalized spacial score (nSPS) is 23.2. The van der Waals surface area contributed by atoms with Crippen LogP contribution in [-0.2, 0) is 4.79 Å². The number of aromatic hydroxyl groups is 1. The predicted molar refractivity (Wildman–Crippen MR) is 169 cm³/mol. The largest absolute Gasteiger partial charge is 0.508 e. The number of unbranched alkanes of at least 4 members (excludes halogenated alkanes) is 2. The molecule has 8 heteroatoms. The molecule has 3 atom stereocenters. The van der Waals surface area contributed by atoms with Crippen LogP contribution in [0, 0.1) is 5.92 Å². The molecule has 0 radical (unpaired) electrons. The van der Waals surface area contributed by atoms with Gasteiger partial charge in [0.2, 0.25) is 0 Å². The highest BCUT2D eigenvalue weighted by atomic mass is 16.4. The number of carbonyl (C=O) groups is 2. The summed E-state index contributed by atoms with van der Waals surface area (Å²) in [7, 11) is 0. The van der Waals surface area contributed by atoms with Gasteiger partial charge in [-0.2, -0.15) is 0 Å². The van der Waals surface area contributed by atoms with E-state index in [1.165, 1.54) is 19.4 Å². The van der Waals surface area contributed by atoms with Crippen molar-refractivity contribution in [2.45, 2.75) is 76.9 Å². The van der Waals surface area contributed by atoms with Gasteiger partial charge in [-0.3, -0.25) is 19.4 Å². The first-order valence-electron chi connectivity index (χ1n) is 16.4. The third-order valence-electron chi connectivity index (χ3n) is 9.56. The van der Waals surface area contributed by atoms with Crippen molar-refractivity contribution in [3.05, 3.63) is 65.2 Å². The molecule has 234 valence electrons. The molecule has 0 unspecified atom stereocenters. The Kier molecular flexibility index (Phi) is 10.8. The van der Waals surface area contributed by atoms with E-state index in [4.69, 9.17) is 5.11 Å². The topological polar surface area (TPSA) is 87.6 Å². The fourth-order valence-corrected chi connectivity index (χ4v) is 6.95. The SMILES string of the molecule is C[C@@H]1CN([C@@H](c2cccc(O)c2)c2cccc(C(=O)N3CCCN(CCCCCC(=O)O)CC3)c2)[C@@H](C)CN1CC1CC1. The van der Waals surface area contributed by atoms with Crippen molar-refractivity contribution < 1.29 is 19.8 Å². The van der Waals surface area contributed by atoms with Gasteiger partial charge in [0.25, 0.3) is 5.91 Å². The van der Waals surface area contributed by atoms with E-state index in [2.05, 4.69) is 46.7 Å². The molecule has 0 spiro atoms. The first kappa shape index (κ1) is 31.5. The van der Waals surface area contributed by atoms with Crippen LogP contribution < -0.4 is 0 Å². The molecule has 0 bridgehead atoms. The summed E-state index contributed by atoms with van der Waals surface area (Å²) < 4.78 is 0. The lowest BCUT2D eigenvalue weighted by Gasteiger charge is -2.48. The molecule has 2 saturated heterocycles. The molecule has 43 heavy (non-hydrogen) atoms. The van der Waals surface area contributed by atoms with Gasteiger partial charge in [-0.25, -0.2) is 0 Å². The number of nitrogens with zero attached hydrogens (tertiary/aromatic N) is 4. The highest BCUT2D eigenvalue weighted by Gasteiger charge is 2.37. The molecular weight excluding hydrogens is 540 g/mol. The van der Waals surface area contributed by atoms with Crippen LogP contribution in [0.5, 0.6) is 5.75 Å². The van der Waals surface area contributed by atoms with Gasteiger partial charge < -0.3 is 20.0 Å². The van der Waals surface area contributed by atoms with E-state index in [0.29, 0.717) is 18.6 Å². The average molecular weight is 591 g/mol. The van der Waals surface area contributed by atoms with Gasteiger partial charge in [-0.15, -0.1) is 0 Å². The third kappa shape index (κ3) is 8.58. The van der Waals surface area contributed by atoms with Crippen LogP contribution in [0.25, 0.3) is 0 Å². The maximum atomic E-state index is 13.8. The predicted octanol–water partition coefficient (Wildman–Crippen LogP) is 5.08. The summed E-state index contributed by atoms with van der Waals surface area (Å²) >= 11 is 0. The van der Waals surface area contributed by atoms with Gasteiger partial charge in [0.05, 0.1) is 6.04 Å². The molecule has 5 rings (SSSR count). The fourth-order valence-electron chi connectivity index (χ4n) is 6.95. The van der Waals surface area contributed by atoms with Crippen LogP contribution in [0.4, 0.5) is 0 Å². The first-order chi connectivity index (χ1) is 20.8. The van der Waals surface area contributed by atoms with Crippen LogP contribution in [0.2, 0.25) is 0 Å². The molecule has 3 aliphatic rings. The zero-order valence-corrected chi connectivity index (χ0v) is 26.0. The summed E-state index contributed by atoms with van der Waals surface area (Å²) in [4.78, 5) is 34.2. The summed E-state index contributed by atoms with van der Waals surface area (Å²) in [6, 6.07) is 16.5. The van der Waals surface area contributed by atoms with Crippen LogP contribution >= 0.6 is 0 Å². The maximum Gasteiger partial charge on any atom is 0.303 e. The van der Waals surface area contributed by atoms with Crippen molar-refractivity contribution in [2.75, 3.05) is 52.4 Å². The zero-order valence-electron chi connectivity index (χ0n) is 26.0. The smallest absolute Gasteiger partial charge is 0.303 e. The van der Waals surface area contributed by atoms with Crippen molar-refractivity contribution in [3.8, 4) is 5.75 Å². The van der Waals surface area contributed by atoms with E-state index < -0.39 is 5.97 Å². The van der Waals surface area contributed by atoms with Crippen LogP contribution in [0.15, 0.2) is 48.5 Å². The van der Waals surface area contributed by atoms with E-state index in [1.807, 2.05) is 29.2 Å². The molecule has 2 aromatic rings. The lowest BCUT2D eigenvalue weighted by atomic mass is 9.92. The van der Waals surface area contributed by atoms with Crippen molar-refractivity contribution >= 4 is 11.9 Å². The van der Waals surface area contributed by atoms with Crippen LogP contribution in [0.1, 0.15) is 86.3 Å². The van der Waals surface area contributed by atoms with E-state index in [0.717, 1.165) is 87.6 Å². The van der Waals surface area contributed by atoms with Crippen molar-refractivity contribution in [3.63, 3.8) is 0 Å². The second kappa shape index (κ2) is 14.7. The Morgan fingerprint density at radius 1 is 0.884 bits per heavy atom. The number of phenols is 1. The summed E-state index contributed by atoms with van der Waals surface area (Å²) in [5.41, 5.74) is 2.86. The number of amides is 1. The number of carboxylic acid groups (broad SMARTS) is 1. The average Bonchev–Trinajstić information content (AvgIpc) is 3.83. The molecule has 2 aromatic carbocycles. The molecule has 1 amide bonds. The number of piperazine rings is 1. The Morgan fingerprint density at radius 2 is 1.65 bits per heavy atom. The van der Waals surface area contributed by atoms with E-state index >= 15 is 0 Å². The van der Waals surface area contributed by atoms with E-state index in [9.17, 15) is 14.7 Å². The minimum absolute atomic E-state index is 0.0545. The summed E-state index contributed by atoms with van der Waals surface area (Å²) in [6.45, 7) is 12.0. The lowest BCUT2D eigenvalue weighted by Crippen LogP contribution is -2.57. The van der Waals surface area contributed by atoms with Crippen molar-refractivity contribution in [2.24, 2.45) is 5.92 Å². The quantitative estimate of drug-likeness (QED) is 0.334. The molecule has 3 fully saturated rings. The Morgan fingerprint density at radius 3 is 2.40 bits per heavy atom. The van der Waals surface area contributed by atoms with Gasteiger partial charge in [0, 0.05) is 63.3 Å². The number of benzene rings is 2. The Balaban J connectivity index is 1.28. The third-order valence-corrected chi connectivity index (χ3v) is 9.56. The van der Waals surface area contributed by atoms with E-state index in [-0.39, 0.29) is 24.1 Å². The van der Waals surface area contributed by atoms with Gasteiger partial charge in [-0.05, 0) is 100 Å². The zero-order chi connectivity index (χ0) is 30.3. The Labute approximate surface area is 257 Å². The highest BCUT2D eigenvalue weighted by molar-refractivity contribution is 5.94. The fraction of sp³-hybridized carbons (Fsp3) is 0.600.